The minimum Gasteiger partial charge on any atom is -0.478 e. The lowest BCUT2D eigenvalue weighted by atomic mass is 10.0. The summed E-state index contributed by atoms with van der Waals surface area (Å²) in [5.74, 6) is 2.90. The molecule has 0 saturated carbocycles. The van der Waals surface area contributed by atoms with Crippen LogP contribution >= 0.6 is 0 Å². The van der Waals surface area contributed by atoms with E-state index in [0.29, 0.717) is 23.6 Å². The van der Waals surface area contributed by atoms with Gasteiger partial charge in [0, 0.05) is 6.54 Å². The molecule has 0 bridgehead atoms. The first kappa shape index (κ1) is 14.9. The fourth-order valence-electron chi connectivity index (χ4n) is 2.27. The van der Waals surface area contributed by atoms with Gasteiger partial charge in [0.25, 0.3) is 5.56 Å². The van der Waals surface area contributed by atoms with Crippen molar-refractivity contribution >= 4 is 0 Å². The Kier molecular flexibility index (Phi) is 4.44. The van der Waals surface area contributed by atoms with Gasteiger partial charge in [-0.15, -0.1) is 6.42 Å². The zero-order chi connectivity index (χ0) is 15.4. The first-order valence-corrected chi connectivity index (χ1v) is 6.84. The molecule has 0 saturated heterocycles. The zero-order valence-corrected chi connectivity index (χ0v) is 12.5. The molecule has 1 aromatic heterocycles. The van der Waals surface area contributed by atoms with Crippen LogP contribution < -0.4 is 10.3 Å². The molecule has 0 amide bonds. The van der Waals surface area contributed by atoms with Crippen LogP contribution in [0.5, 0.6) is 5.75 Å². The van der Waals surface area contributed by atoms with E-state index >= 15 is 0 Å². The minimum absolute atomic E-state index is 0.108. The van der Waals surface area contributed by atoms with Gasteiger partial charge in [-0.2, -0.15) is 5.10 Å². The van der Waals surface area contributed by atoms with E-state index in [0.717, 1.165) is 11.1 Å². The van der Waals surface area contributed by atoms with Gasteiger partial charge >= 0.3 is 0 Å². The molecule has 4 heteroatoms. The second kappa shape index (κ2) is 6.27. The minimum atomic E-state index is -0.163. The SMILES string of the molecule is C#CCOc1c(C)nn(CC)c(=O)c1-c1ccccc1C. The largest absolute Gasteiger partial charge is 0.478 e. The highest BCUT2D eigenvalue weighted by Gasteiger charge is 2.18. The summed E-state index contributed by atoms with van der Waals surface area (Å²) in [5.41, 5.74) is 2.88. The molecule has 108 valence electrons. The van der Waals surface area contributed by atoms with Gasteiger partial charge in [-0.25, -0.2) is 4.68 Å². The molecule has 0 unspecified atom stereocenters. The van der Waals surface area contributed by atoms with E-state index in [1.807, 2.05) is 45.0 Å². The summed E-state index contributed by atoms with van der Waals surface area (Å²) in [4.78, 5) is 12.7. The predicted octanol–water partition coefficient (Wildman–Crippen LogP) is 2.56. The Balaban J connectivity index is 2.78. The molecule has 0 fully saturated rings. The lowest BCUT2D eigenvalue weighted by Crippen LogP contribution is -2.26. The third-order valence-corrected chi connectivity index (χ3v) is 3.29. The third-order valence-electron chi connectivity index (χ3n) is 3.29. The number of ether oxygens (including phenoxy) is 1. The maximum atomic E-state index is 12.7. The maximum Gasteiger partial charge on any atom is 0.278 e. The van der Waals surface area contributed by atoms with Crippen LogP contribution in [-0.4, -0.2) is 16.4 Å². The fourth-order valence-corrected chi connectivity index (χ4v) is 2.27. The van der Waals surface area contributed by atoms with Crippen LogP contribution in [-0.2, 0) is 6.54 Å². The molecule has 1 heterocycles. The molecule has 4 nitrogen and oxygen atoms in total. The van der Waals surface area contributed by atoms with Gasteiger partial charge in [0.2, 0.25) is 0 Å². The predicted molar refractivity (Wildman–Crippen MR) is 83.4 cm³/mol. The van der Waals surface area contributed by atoms with Gasteiger partial charge < -0.3 is 4.74 Å². The Morgan fingerprint density at radius 2 is 2.05 bits per heavy atom. The number of hydrogen-bond acceptors (Lipinski definition) is 3. The number of terminal acetylenes is 1. The lowest BCUT2D eigenvalue weighted by Gasteiger charge is -2.15. The van der Waals surface area contributed by atoms with E-state index in [9.17, 15) is 4.79 Å². The lowest BCUT2D eigenvalue weighted by molar-refractivity contribution is 0.362. The molecule has 2 rings (SSSR count). The van der Waals surface area contributed by atoms with Gasteiger partial charge in [0.15, 0.2) is 5.75 Å². The molecular weight excluding hydrogens is 264 g/mol. The van der Waals surface area contributed by atoms with Crippen LogP contribution in [0, 0.1) is 26.2 Å². The van der Waals surface area contributed by atoms with Gasteiger partial charge in [-0.05, 0) is 31.9 Å². The molecule has 2 aromatic rings. The normalized spacial score (nSPS) is 10.2. The molecule has 1 aromatic carbocycles. The van der Waals surface area contributed by atoms with Crippen LogP contribution in [0.1, 0.15) is 18.2 Å². The molecule has 0 radical (unpaired) electrons. The Labute approximate surface area is 124 Å². The number of benzene rings is 1. The monoisotopic (exact) mass is 282 g/mol. The molecular formula is C17H18N2O2. The molecule has 0 N–H and O–H groups in total. The maximum absolute atomic E-state index is 12.7. The highest BCUT2D eigenvalue weighted by molar-refractivity contribution is 5.73. The summed E-state index contributed by atoms with van der Waals surface area (Å²) in [6.07, 6.45) is 5.26. The summed E-state index contributed by atoms with van der Waals surface area (Å²) < 4.78 is 7.04. The van der Waals surface area contributed by atoms with Crippen molar-refractivity contribution in [1.29, 1.82) is 0 Å². The second-order valence-corrected chi connectivity index (χ2v) is 4.72. The number of aryl methyl sites for hydroxylation is 3. The standard InChI is InChI=1S/C17H18N2O2/c1-5-11-21-16-13(4)18-19(6-2)17(20)15(16)14-10-8-7-9-12(14)3/h1,7-10H,6,11H2,2-4H3. The summed E-state index contributed by atoms with van der Waals surface area (Å²) in [7, 11) is 0. The Morgan fingerprint density at radius 1 is 1.33 bits per heavy atom. The van der Waals surface area contributed by atoms with Crippen LogP contribution in [0.25, 0.3) is 11.1 Å². The van der Waals surface area contributed by atoms with Crippen molar-refractivity contribution in [3.8, 4) is 29.2 Å². The van der Waals surface area contributed by atoms with Gasteiger partial charge in [0.05, 0.1) is 5.56 Å². The zero-order valence-electron chi connectivity index (χ0n) is 12.5. The second-order valence-electron chi connectivity index (χ2n) is 4.72. The number of hydrogen-bond donors (Lipinski definition) is 0. The van der Waals surface area contributed by atoms with E-state index in [-0.39, 0.29) is 12.2 Å². The summed E-state index contributed by atoms with van der Waals surface area (Å²) in [5, 5.41) is 4.27. The molecule has 0 aliphatic rings. The van der Waals surface area contributed by atoms with Crippen LogP contribution in [0.2, 0.25) is 0 Å². The van der Waals surface area contributed by atoms with Gasteiger partial charge in [-0.3, -0.25) is 4.79 Å². The Morgan fingerprint density at radius 3 is 2.67 bits per heavy atom. The molecule has 21 heavy (non-hydrogen) atoms. The van der Waals surface area contributed by atoms with Crippen LogP contribution in [0.3, 0.4) is 0 Å². The number of rotatable bonds is 4. The van der Waals surface area contributed by atoms with Crippen molar-refractivity contribution in [2.24, 2.45) is 0 Å². The summed E-state index contributed by atoms with van der Waals surface area (Å²) in [6, 6.07) is 7.71. The topological polar surface area (TPSA) is 44.1 Å². The van der Waals surface area contributed by atoms with E-state index in [1.165, 1.54) is 4.68 Å². The van der Waals surface area contributed by atoms with Crippen molar-refractivity contribution in [3.63, 3.8) is 0 Å². The van der Waals surface area contributed by atoms with E-state index in [2.05, 4.69) is 11.0 Å². The van der Waals surface area contributed by atoms with Crippen LogP contribution in [0.4, 0.5) is 0 Å². The third kappa shape index (κ3) is 2.82. The van der Waals surface area contributed by atoms with Crippen molar-refractivity contribution in [1.82, 2.24) is 9.78 Å². The average Bonchev–Trinajstić information content (AvgIpc) is 2.48. The highest BCUT2D eigenvalue weighted by Crippen LogP contribution is 2.30. The van der Waals surface area contributed by atoms with E-state index in [1.54, 1.807) is 0 Å². The number of aromatic nitrogens is 2. The first-order valence-electron chi connectivity index (χ1n) is 6.84. The quantitative estimate of drug-likeness (QED) is 0.810. The molecule has 0 atom stereocenters. The molecule has 0 aliphatic heterocycles. The van der Waals surface area contributed by atoms with Gasteiger partial charge in [-0.1, -0.05) is 30.2 Å². The first-order chi connectivity index (χ1) is 10.1. The number of nitrogens with zero attached hydrogens (tertiary/aromatic N) is 2. The van der Waals surface area contributed by atoms with Gasteiger partial charge in [0.1, 0.15) is 12.3 Å². The van der Waals surface area contributed by atoms with Crippen LogP contribution in [0.15, 0.2) is 29.1 Å². The summed E-state index contributed by atoms with van der Waals surface area (Å²) >= 11 is 0. The highest BCUT2D eigenvalue weighted by atomic mass is 16.5. The van der Waals surface area contributed by atoms with Crippen molar-refractivity contribution < 1.29 is 4.74 Å². The van der Waals surface area contributed by atoms with Crippen molar-refractivity contribution in [2.45, 2.75) is 27.3 Å². The van der Waals surface area contributed by atoms with Crippen molar-refractivity contribution in [2.75, 3.05) is 6.61 Å². The van der Waals surface area contributed by atoms with Crippen molar-refractivity contribution in [3.05, 3.63) is 45.9 Å². The molecule has 0 spiro atoms. The Bertz CT molecular complexity index is 754. The Hall–Kier alpha value is -2.54. The molecule has 0 aliphatic carbocycles. The fraction of sp³-hybridized carbons (Fsp3) is 0.294. The van der Waals surface area contributed by atoms with E-state index < -0.39 is 0 Å². The average molecular weight is 282 g/mol. The van der Waals surface area contributed by atoms with E-state index in [4.69, 9.17) is 11.2 Å². The summed E-state index contributed by atoms with van der Waals surface area (Å²) in [6.45, 7) is 6.29. The smallest absolute Gasteiger partial charge is 0.278 e.